The Balaban J connectivity index is 2.25. The number of alkyl halides is 2. The predicted molar refractivity (Wildman–Crippen MR) is 62.4 cm³/mol. The minimum Gasteiger partial charge on any atom is -0.456 e. The van der Waals surface area contributed by atoms with Crippen molar-refractivity contribution in [2.75, 3.05) is 19.7 Å². The molecule has 6 heteroatoms. The van der Waals surface area contributed by atoms with E-state index in [0.717, 1.165) is 6.42 Å². The molecule has 1 unspecified atom stereocenters. The van der Waals surface area contributed by atoms with Crippen LogP contribution in [0, 0.1) is 5.41 Å². The molecule has 1 fully saturated rings. The molecule has 1 aliphatic heterocycles. The van der Waals surface area contributed by atoms with E-state index in [2.05, 4.69) is 10.1 Å². The molecule has 0 bridgehead atoms. The zero-order valence-corrected chi connectivity index (χ0v) is 10.8. The average Bonchev–Trinajstić information content (AvgIpc) is 2.50. The summed E-state index contributed by atoms with van der Waals surface area (Å²) in [4.78, 5) is 10.8. The minimum atomic E-state index is -3.33. The van der Waals surface area contributed by atoms with Crippen molar-refractivity contribution in [3.63, 3.8) is 0 Å². The fraction of sp³-hybridized carbons (Fsp3) is 0.917. The number of hydrogen-bond donors (Lipinski definition) is 2. The Morgan fingerprint density at radius 1 is 1.56 bits per heavy atom. The molecule has 106 valence electrons. The summed E-state index contributed by atoms with van der Waals surface area (Å²) in [5.41, 5.74) is -0.0200. The Bertz CT molecular complexity index is 295. The van der Waals surface area contributed by atoms with E-state index in [1.165, 1.54) is 0 Å². The molecule has 1 atom stereocenters. The summed E-state index contributed by atoms with van der Waals surface area (Å²) in [6, 6.07) is 0. The Morgan fingerprint density at radius 3 is 2.72 bits per heavy atom. The highest BCUT2D eigenvalue weighted by Gasteiger charge is 2.50. The molecule has 0 aromatic heterocycles. The van der Waals surface area contributed by atoms with Gasteiger partial charge >= 0.3 is 11.9 Å². The van der Waals surface area contributed by atoms with Gasteiger partial charge in [-0.15, -0.1) is 0 Å². The highest BCUT2D eigenvalue weighted by Crippen LogP contribution is 2.30. The standard InChI is InChI=1S/C12H21F2NO3/c1-11(2,4-3-5-16)8-15-7-9-6-12(13,14)10(17)18-9/h9,15-16H,3-8H2,1-2H3. The summed E-state index contributed by atoms with van der Waals surface area (Å²) in [6.07, 6.45) is 0.263. The van der Waals surface area contributed by atoms with Crippen LogP contribution in [0.15, 0.2) is 0 Å². The fourth-order valence-corrected chi connectivity index (χ4v) is 1.98. The van der Waals surface area contributed by atoms with Gasteiger partial charge in [-0.25, -0.2) is 4.79 Å². The molecule has 4 nitrogen and oxygen atoms in total. The van der Waals surface area contributed by atoms with Crippen molar-refractivity contribution in [2.45, 2.75) is 45.1 Å². The van der Waals surface area contributed by atoms with Crippen molar-refractivity contribution in [1.82, 2.24) is 5.32 Å². The first-order valence-electron chi connectivity index (χ1n) is 6.17. The molecule has 1 aliphatic rings. The van der Waals surface area contributed by atoms with Crippen LogP contribution in [0.2, 0.25) is 0 Å². The molecule has 0 amide bonds. The minimum absolute atomic E-state index is 0.0200. The number of ether oxygens (including phenoxy) is 1. The van der Waals surface area contributed by atoms with Gasteiger partial charge in [0.1, 0.15) is 6.10 Å². The number of carbonyl (C=O) groups is 1. The van der Waals surface area contributed by atoms with E-state index in [0.29, 0.717) is 13.0 Å². The average molecular weight is 265 g/mol. The lowest BCUT2D eigenvalue weighted by molar-refractivity contribution is -0.159. The number of rotatable bonds is 7. The number of carbonyl (C=O) groups excluding carboxylic acids is 1. The van der Waals surface area contributed by atoms with Crippen LogP contribution in [0.5, 0.6) is 0 Å². The first kappa shape index (κ1) is 15.3. The lowest BCUT2D eigenvalue weighted by atomic mass is 9.88. The second kappa shape index (κ2) is 5.93. The number of nitrogens with one attached hydrogen (secondary N) is 1. The molecule has 0 spiro atoms. The summed E-state index contributed by atoms with van der Waals surface area (Å²) in [5, 5.41) is 11.8. The van der Waals surface area contributed by atoms with E-state index < -0.39 is 24.4 Å². The van der Waals surface area contributed by atoms with Crippen molar-refractivity contribution >= 4 is 5.97 Å². The largest absolute Gasteiger partial charge is 0.456 e. The SMILES string of the molecule is CC(C)(CCCO)CNCC1CC(F)(F)C(=O)O1. The molecule has 1 heterocycles. The molecule has 0 aliphatic carbocycles. The predicted octanol–water partition coefficient (Wildman–Crippen LogP) is 1.33. The van der Waals surface area contributed by atoms with Gasteiger partial charge in [-0.05, 0) is 18.3 Å². The molecule has 2 N–H and O–H groups in total. The Morgan fingerprint density at radius 2 is 2.22 bits per heavy atom. The Labute approximate surface area is 106 Å². The van der Waals surface area contributed by atoms with Crippen molar-refractivity contribution in [3.05, 3.63) is 0 Å². The Hall–Kier alpha value is -0.750. The third-order valence-electron chi connectivity index (χ3n) is 3.04. The number of esters is 1. The summed E-state index contributed by atoms with van der Waals surface area (Å²) in [7, 11) is 0. The smallest absolute Gasteiger partial charge is 0.377 e. The van der Waals surface area contributed by atoms with Crippen LogP contribution in [-0.4, -0.2) is 42.8 Å². The molecule has 18 heavy (non-hydrogen) atoms. The van der Waals surface area contributed by atoms with Gasteiger partial charge < -0.3 is 15.2 Å². The van der Waals surface area contributed by atoms with Gasteiger partial charge in [0.2, 0.25) is 0 Å². The maximum atomic E-state index is 12.9. The number of hydrogen-bond acceptors (Lipinski definition) is 4. The molecule has 0 aromatic rings. The van der Waals surface area contributed by atoms with Crippen LogP contribution < -0.4 is 5.32 Å². The van der Waals surface area contributed by atoms with E-state index in [9.17, 15) is 13.6 Å². The normalized spacial score (nSPS) is 23.2. The van der Waals surface area contributed by atoms with Crippen LogP contribution in [0.1, 0.15) is 33.1 Å². The third-order valence-corrected chi connectivity index (χ3v) is 3.04. The maximum absolute atomic E-state index is 12.9. The Kier molecular flexibility index (Phi) is 5.04. The maximum Gasteiger partial charge on any atom is 0.377 e. The molecule has 0 aromatic carbocycles. The van der Waals surface area contributed by atoms with Crippen LogP contribution in [0.3, 0.4) is 0 Å². The first-order valence-corrected chi connectivity index (χ1v) is 6.17. The van der Waals surface area contributed by atoms with E-state index in [4.69, 9.17) is 5.11 Å². The van der Waals surface area contributed by atoms with E-state index in [-0.39, 0.29) is 18.6 Å². The van der Waals surface area contributed by atoms with Crippen LogP contribution in [0.4, 0.5) is 8.78 Å². The van der Waals surface area contributed by atoms with Crippen LogP contribution in [-0.2, 0) is 9.53 Å². The molecule has 1 rings (SSSR count). The van der Waals surface area contributed by atoms with Gasteiger partial charge in [0.15, 0.2) is 0 Å². The molecule has 0 radical (unpaired) electrons. The summed E-state index contributed by atoms with van der Waals surface area (Å²) in [6.45, 7) is 5.09. The number of aliphatic hydroxyl groups is 1. The molecular weight excluding hydrogens is 244 g/mol. The van der Waals surface area contributed by atoms with Gasteiger partial charge in [0.25, 0.3) is 0 Å². The van der Waals surface area contributed by atoms with Crippen molar-refractivity contribution < 1.29 is 23.4 Å². The third kappa shape index (κ3) is 4.49. The first-order chi connectivity index (χ1) is 8.27. The molecule has 0 saturated carbocycles. The van der Waals surface area contributed by atoms with Crippen molar-refractivity contribution in [2.24, 2.45) is 5.41 Å². The van der Waals surface area contributed by atoms with E-state index in [1.807, 2.05) is 13.8 Å². The topological polar surface area (TPSA) is 58.6 Å². The summed E-state index contributed by atoms with van der Waals surface area (Å²) >= 11 is 0. The molecule has 1 saturated heterocycles. The van der Waals surface area contributed by atoms with Gasteiger partial charge in [-0.3, -0.25) is 0 Å². The van der Waals surface area contributed by atoms with Gasteiger partial charge in [0, 0.05) is 19.7 Å². The lowest BCUT2D eigenvalue weighted by Crippen LogP contribution is -2.35. The highest BCUT2D eigenvalue weighted by molar-refractivity contribution is 5.79. The van der Waals surface area contributed by atoms with E-state index >= 15 is 0 Å². The zero-order valence-electron chi connectivity index (χ0n) is 10.8. The van der Waals surface area contributed by atoms with Crippen molar-refractivity contribution in [1.29, 1.82) is 0 Å². The van der Waals surface area contributed by atoms with Gasteiger partial charge in [0.05, 0.1) is 6.42 Å². The van der Waals surface area contributed by atoms with Crippen molar-refractivity contribution in [3.8, 4) is 0 Å². The second-order valence-electron chi connectivity index (χ2n) is 5.56. The fourth-order valence-electron chi connectivity index (χ4n) is 1.98. The summed E-state index contributed by atoms with van der Waals surface area (Å²) in [5.74, 6) is -4.76. The molecular formula is C12H21F2NO3. The van der Waals surface area contributed by atoms with Crippen LogP contribution >= 0.6 is 0 Å². The number of halogens is 2. The van der Waals surface area contributed by atoms with Crippen LogP contribution in [0.25, 0.3) is 0 Å². The van der Waals surface area contributed by atoms with E-state index in [1.54, 1.807) is 0 Å². The lowest BCUT2D eigenvalue weighted by Gasteiger charge is -2.25. The second-order valence-corrected chi connectivity index (χ2v) is 5.56. The number of cyclic esters (lactones) is 1. The zero-order chi connectivity index (χ0) is 13.8. The quantitative estimate of drug-likeness (QED) is 0.682. The summed E-state index contributed by atoms with van der Waals surface area (Å²) < 4.78 is 30.4. The highest BCUT2D eigenvalue weighted by atomic mass is 19.3. The monoisotopic (exact) mass is 265 g/mol. The number of aliphatic hydroxyl groups excluding tert-OH is 1. The van der Waals surface area contributed by atoms with Gasteiger partial charge in [-0.1, -0.05) is 13.8 Å². The van der Waals surface area contributed by atoms with Gasteiger partial charge in [-0.2, -0.15) is 8.78 Å².